The van der Waals surface area contributed by atoms with Crippen LogP contribution >= 0.6 is 15.9 Å². The minimum atomic E-state index is -0.341. The molecule has 0 spiro atoms. The highest BCUT2D eigenvalue weighted by atomic mass is 79.9. The van der Waals surface area contributed by atoms with E-state index in [0.717, 1.165) is 5.69 Å². The molecule has 1 amide bonds. The van der Waals surface area contributed by atoms with Crippen LogP contribution in [-0.2, 0) is 11.2 Å². The van der Waals surface area contributed by atoms with Gasteiger partial charge in [0.25, 0.3) is 0 Å². The fourth-order valence-electron chi connectivity index (χ4n) is 1.69. The molecule has 0 fully saturated rings. The average molecular weight is 323 g/mol. The van der Waals surface area contributed by atoms with E-state index in [1.165, 1.54) is 12.1 Å². The number of carbonyl (C=O) groups excluding carboxylic acids is 1. The molecule has 1 aromatic heterocycles. The SMILES string of the molecule is Cc1nc(Br)ccc1NC(=O)Cc1cccc(F)c1. The minimum Gasteiger partial charge on any atom is -0.324 e. The molecule has 0 unspecified atom stereocenters. The molecule has 0 aliphatic heterocycles. The monoisotopic (exact) mass is 322 g/mol. The van der Waals surface area contributed by atoms with Gasteiger partial charge >= 0.3 is 0 Å². The number of hydrogen-bond acceptors (Lipinski definition) is 2. The third-order valence-electron chi connectivity index (χ3n) is 2.58. The van der Waals surface area contributed by atoms with Crippen molar-refractivity contribution in [2.24, 2.45) is 0 Å². The quantitative estimate of drug-likeness (QED) is 0.879. The maximum atomic E-state index is 13.0. The van der Waals surface area contributed by atoms with Crippen molar-refractivity contribution in [1.82, 2.24) is 4.98 Å². The second-order valence-electron chi connectivity index (χ2n) is 4.12. The number of hydrogen-bond donors (Lipinski definition) is 1. The number of anilines is 1. The zero-order chi connectivity index (χ0) is 13.8. The lowest BCUT2D eigenvalue weighted by atomic mass is 10.1. The predicted octanol–water partition coefficient (Wildman–Crippen LogP) is 3.47. The van der Waals surface area contributed by atoms with Gasteiger partial charge in [-0.15, -0.1) is 0 Å². The van der Waals surface area contributed by atoms with E-state index >= 15 is 0 Å². The van der Waals surface area contributed by atoms with Gasteiger partial charge in [-0.1, -0.05) is 12.1 Å². The largest absolute Gasteiger partial charge is 0.324 e. The summed E-state index contributed by atoms with van der Waals surface area (Å²) in [5, 5.41) is 2.76. The van der Waals surface area contributed by atoms with Crippen molar-refractivity contribution >= 4 is 27.5 Å². The predicted molar refractivity (Wildman–Crippen MR) is 75.4 cm³/mol. The summed E-state index contributed by atoms with van der Waals surface area (Å²) in [4.78, 5) is 16.0. The maximum Gasteiger partial charge on any atom is 0.228 e. The molecule has 1 N–H and O–H groups in total. The molecule has 1 aromatic carbocycles. The number of pyridine rings is 1. The molecule has 1 heterocycles. The molecular formula is C14H12BrFN2O. The Balaban J connectivity index is 2.05. The summed E-state index contributed by atoms with van der Waals surface area (Å²) >= 11 is 3.26. The van der Waals surface area contributed by atoms with E-state index < -0.39 is 0 Å². The fraction of sp³-hybridized carbons (Fsp3) is 0.143. The molecule has 2 aromatic rings. The summed E-state index contributed by atoms with van der Waals surface area (Å²) < 4.78 is 13.7. The van der Waals surface area contributed by atoms with Crippen molar-refractivity contribution in [2.45, 2.75) is 13.3 Å². The van der Waals surface area contributed by atoms with Crippen LogP contribution < -0.4 is 5.32 Å². The van der Waals surface area contributed by atoms with Crippen molar-refractivity contribution in [2.75, 3.05) is 5.32 Å². The molecule has 5 heteroatoms. The van der Waals surface area contributed by atoms with E-state index in [1.54, 1.807) is 24.3 Å². The van der Waals surface area contributed by atoms with Crippen molar-refractivity contribution in [3.8, 4) is 0 Å². The molecule has 0 saturated heterocycles. The summed E-state index contributed by atoms with van der Waals surface area (Å²) in [6, 6.07) is 9.54. The van der Waals surface area contributed by atoms with Crippen molar-refractivity contribution < 1.29 is 9.18 Å². The number of nitrogens with one attached hydrogen (secondary N) is 1. The van der Waals surface area contributed by atoms with Gasteiger partial charge in [-0.05, 0) is 52.7 Å². The van der Waals surface area contributed by atoms with Crippen LogP contribution in [0.5, 0.6) is 0 Å². The second kappa shape index (κ2) is 5.93. The standard InChI is InChI=1S/C14H12BrFN2O/c1-9-12(5-6-13(15)17-9)18-14(19)8-10-3-2-4-11(16)7-10/h2-7H,8H2,1H3,(H,18,19). The molecule has 0 saturated carbocycles. The van der Waals surface area contributed by atoms with Crippen molar-refractivity contribution in [1.29, 1.82) is 0 Å². The van der Waals surface area contributed by atoms with E-state index in [1.807, 2.05) is 6.92 Å². The smallest absolute Gasteiger partial charge is 0.228 e. The molecule has 0 bridgehead atoms. The number of aryl methyl sites for hydroxylation is 1. The number of nitrogens with zero attached hydrogens (tertiary/aromatic N) is 1. The third kappa shape index (κ3) is 3.86. The Kier molecular flexibility index (Phi) is 4.27. The highest BCUT2D eigenvalue weighted by molar-refractivity contribution is 9.10. The first kappa shape index (κ1) is 13.7. The molecule has 0 atom stereocenters. The van der Waals surface area contributed by atoms with Crippen molar-refractivity contribution in [3.63, 3.8) is 0 Å². The number of benzene rings is 1. The number of carbonyl (C=O) groups is 1. The maximum absolute atomic E-state index is 13.0. The topological polar surface area (TPSA) is 42.0 Å². The summed E-state index contributed by atoms with van der Waals surface area (Å²) in [6.07, 6.45) is 0.132. The summed E-state index contributed by atoms with van der Waals surface area (Å²) in [6.45, 7) is 1.81. The van der Waals surface area contributed by atoms with Gasteiger partial charge in [-0.25, -0.2) is 9.37 Å². The summed E-state index contributed by atoms with van der Waals surface area (Å²) in [5.74, 6) is -0.537. The van der Waals surface area contributed by atoms with Gasteiger partial charge < -0.3 is 5.32 Å². The zero-order valence-corrected chi connectivity index (χ0v) is 11.9. The van der Waals surface area contributed by atoms with E-state index in [0.29, 0.717) is 15.9 Å². The first-order valence-corrected chi connectivity index (χ1v) is 6.51. The third-order valence-corrected chi connectivity index (χ3v) is 3.02. The normalized spacial score (nSPS) is 10.3. The van der Waals surface area contributed by atoms with E-state index in [-0.39, 0.29) is 18.1 Å². The van der Waals surface area contributed by atoms with Crippen LogP contribution in [0.15, 0.2) is 41.0 Å². The Morgan fingerprint density at radius 3 is 2.84 bits per heavy atom. The lowest BCUT2D eigenvalue weighted by Crippen LogP contribution is -2.15. The first-order chi connectivity index (χ1) is 9.04. The second-order valence-corrected chi connectivity index (χ2v) is 4.93. The van der Waals surface area contributed by atoms with Crippen LogP contribution in [0.4, 0.5) is 10.1 Å². The summed E-state index contributed by atoms with van der Waals surface area (Å²) in [7, 11) is 0. The number of halogens is 2. The molecule has 19 heavy (non-hydrogen) atoms. The van der Waals surface area contributed by atoms with E-state index in [2.05, 4.69) is 26.2 Å². The van der Waals surface area contributed by atoms with Gasteiger partial charge in [-0.3, -0.25) is 4.79 Å². The van der Waals surface area contributed by atoms with Crippen LogP contribution in [-0.4, -0.2) is 10.9 Å². The van der Waals surface area contributed by atoms with E-state index in [4.69, 9.17) is 0 Å². The zero-order valence-electron chi connectivity index (χ0n) is 10.3. The van der Waals surface area contributed by atoms with Crippen LogP contribution in [0.1, 0.15) is 11.3 Å². The van der Waals surface area contributed by atoms with Gasteiger partial charge in [0.1, 0.15) is 10.4 Å². The van der Waals surface area contributed by atoms with Gasteiger partial charge in [0, 0.05) is 0 Å². The van der Waals surface area contributed by atoms with E-state index in [9.17, 15) is 9.18 Å². The van der Waals surface area contributed by atoms with Gasteiger partial charge in [-0.2, -0.15) is 0 Å². The highest BCUT2D eigenvalue weighted by Crippen LogP contribution is 2.16. The van der Waals surface area contributed by atoms with Crippen LogP contribution in [0.3, 0.4) is 0 Å². The molecule has 3 nitrogen and oxygen atoms in total. The van der Waals surface area contributed by atoms with Gasteiger partial charge in [0.15, 0.2) is 0 Å². The van der Waals surface area contributed by atoms with Crippen LogP contribution in [0.25, 0.3) is 0 Å². The average Bonchev–Trinajstić information content (AvgIpc) is 2.33. The minimum absolute atomic E-state index is 0.132. The number of amides is 1. The first-order valence-electron chi connectivity index (χ1n) is 5.72. The van der Waals surface area contributed by atoms with Crippen LogP contribution in [0.2, 0.25) is 0 Å². The molecule has 98 valence electrons. The fourth-order valence-corrected chi connectivity index (χ4v) is 2.09. The Bertz CT molecular complexity index is 616. The number of aromatic nitrogens is 1. The van der Waals surface area contributed by atoms with Crippen molar-refractivity contribution in [3.05, 3.63) is 58.1 Å². The van der Waals surface area contributed by atoms with Crippen LogP contribution in [0, 0.1) is 12.7 Å². The van der Waals surface area contributed by atoms with Gasteiger partial charge in [0.05, 0.1) is 17.8 Å². The lowest BCUT2D eigenvalue weighted by molar-refractivity contribution is -0.115. The molecule has 0 aliphatic carbocycles. The Labute approximate surface area is 119 Å². The Morgan fingerprint density at radius 2 is 2.16 bits per heavy atom. The Hall–Kier alpha value is -1.75. The highest BCUT2D eigenvalue weighted by Gasteiger charge is 2.07. The molecule has 0 radical (unpaired) electrons. The lowest BCUT2D eigenvalue weighted by Gasteiger charge is -2.08. The number of rotatable bonds is 3. The Morgan fingerprint density at radius 1 is 1.37 bits per heavy atom. The molecule has 2 rings (SSSR count). The molecular weight excluding hydrogens is 311 g/mol. The molecule has 0 aliphatic rings. The van der Waals surface area contributed by atoms with Gasteiger partial charge in [0.2, 0.25) is 5.91 Å². The summed E-state index contributed by atoms with van der Waals surface area (Å²) in [5.41, 5.74) is 2.02.